The minimum atomic E-state index is 0.389. The summed E-state index contributed by atoms with van der Waals surface area (Å²) in [5, 5.41) is 3.54. The first kappa shape index (κ1) is 15.8. The molecule has 2 rings (SSSR count). The van der Waals surface area contributed by atoms with E-state index in [9.17, 15) is 0 Å². The molecule has 1 atom stereocenters. The lowest BCUT2D eigenvalue weighted by Crippen LogP contribution is -2.26. The Morgan fingerprint density at radius 1 is 1.15 bits per heavy atom. The summed E-state index contributed by atoms with van der Waals surface area (Å²) < 4.78 is 6.69. The van der Waals surface area contributed by atoms with Crippen LogP contribution in [0.15, 0.2) is 22.7 Å². The normalized spacial score (nSPS) is 19.1. The Hall–Kier alpha value is -0.540. The van der Waals surface area contributed by atoms with E-state index in [1.54, 1.807) is 7.11 Å². The van der Waals surface area contributed by atoms with Crippen molar-refractivity contribution < 1.29 is 4.74 Å². The highest BCUT2D eigenvalue weighted by atomic mass is 79.9. The van der Waals surface area contributed by atoms with Gasteiger partial charge in [-0.2, -0.15) is 0 Å². The summed E-state index contributed by atoms with van der Waals surface area (Å²) in [6.07, 6.45) is 9.56. The van der Waals surface area contributed by atoms with E-state index in [1.165, 1.54) is 50.5 Å². The predicted molar refractivity (Wildman–Crippen MR) is 88.3 cm³/mol. The van der Waals surface area contributed by atoms with Gasteiger partial charge < -0.3 is 10.1 Å². The molecule has 1 aliphatic rings. The van der Waals surface area contributed by atoms with Crippen molar-refractivity contribution in [2.24, 2.45) is 5.92 Å². The number of rotatable bonds is 4. The third-order valence-corrected chi connectivity index (χ3v) is 4.95. The smallest absolute Gasteiger partial charge is 0.123 e. The van der Waals surface area contributed by atoms with E-state index >= 15 is 0 Å². The highest BCUT2D eigenvalue weighted by Gasteiger charge is 2.25. The van der Waals surface area contributed by atoms with Gasteiger partial charge in [0.05, 0.1) is 7.11 Å². The number of ether oxygens (including phenoxy) is 1. The Morgan fingerprint density at radius 3 is 2.40 bits per heavy atom. The van der Waals surface area contributed by atoms with Gasteiger partial charge in [-0.05, 0) is 44.0 Å². The van der Waals surface area contributed by atoms with Crippen molar-refractivity contribution >= 4 is 15.9 Å². The molecule has 1 N–H and O–H groups in total. The average Bonchev–Trinajstić information content (AvgIpc) is 2.42. The molecule has 1 fully saturated rings. The highest BCUT2D eigenvalue weighted by molar-refractivity contribution is 9.10. The molecule has 1 unspecified atom stereocenters. The van der Waals surface area contributed by atoms with Crippen molar-refractivity contribution in [3.63, 3.8) is 0 Å². The van der Waals surface area contributed by atoms with Crippen LogP contribution in [0.25, 0.3) is 0 Å². The average molecular weight is 340 g/mol. The van der Waals surface area contributed by atoms with E-state index in [0.29, 0.717) is 12.0 Å². The van der Waals surface area contributed by atoms with Gasteiger partial charge >= 0.3 is 0 Å². The molecule has 1 saturated carbocycles. The molecule has 0 saturated heterocycles. The fraction of sp³-hybridized carbons (Fsp3) is 0.647. The van der Waals surface area contributed by atoms with Gasteiger partial charge in [0.15, 0.2) is 0 Å². The molecule has 0 spiro atoms. The van der Waals surface area contributed by atoms with Crippen LogP contribution in [0.4, 0.5) is 0 Å². The van der Waals surface area contributed by atoms with E-state index < -0.39 is 0 Å². The Bertz CT molecular complexity index is 413. The standard InChI is InChI=1S/C17H26BrNO/c1-19-17(13-8-6-4-3-5-7-9-13)15-12-14(18)10-11-16(15)20-2/h10-13,17,19H,3-9H2,1-2H3. The van der Waals surface area contributed by atoms with Gasteiger partial charge in [-0.3, -0.25) is 0 Å². The minimum absolute atomic E-state index is 0.389. The molecule has 0 aliphatic heterocycles. The van der Waals surface area contributed by atoms with Gasteiger partial charge in [-0.15, -0.1) is 0 Å². The Balaban J connectivity index is 2.23. The molecule has 1 aromatic carbocycles. The van der Waals surface area contributed by atoms with E-state index in [4.69, 9.17) is 4.74 Å². The monoisotopic (exact) mass is 339 g/mol. The Labute approximate surface area is 131 Å². The second-order valence-electron chi connectivity index (χ2n) is 5.76. The summed E-state index contributed by atoms with van der Waals surface area (Å²) in [4.78, 5) is 0. The summed E-state index contributed by atoms with van der Waals surface area (Å²) in [6.45, 7) is 0. The zero-order chi connectivity index (χ0) is 14.4. The van der Waals surface area contributed by atoms with Crippen molar-refractivity contribution in [3.8, 4) is 5.75 Å². The summed E-state index contributed by atoms with van der Waals surface area (Å²) in [5.74, 6) is 1.71. The number of benzene rings is 1. The van der Waals surface area contributed by atoms with Crippen LogP contribution < -0.4 is 10.1 Å². The van der Waals surface area contributed by atoms with Crippen LogP contribution in [-0.4, -0.2) is 14.2 Å². The minimum Gasteiger partial charge on any atom is -0.496 e. The number of hydrogen-bond acceptors (Lipinski definition) is 2. The van der Waals surface area contributed by atoms with E-state index in [0.717, 1.165) is 10.2 Å². The molecule has 0 radical (unpaired) electrons. The van der Waals surface area contributed by atoms with Gasteiger partial charge in [0.1, 0.15) is 5.75 Å². The van der Waals surface area contributed by atoms with Gasteiger partial charge in [-0.1, -0.05) is 48.0 Å². The fourth-order valence-electron chi connectivity index (χ4n) is 3.41. The zero-order valence-corrected chi connectivity index (χ0v) is 14.2. The van der Waals surface area contributed by atoms with Gasteiger partial charge in [-0.25, -0.2) is 0 Å². The van der Waals surface area contributed by atoms with Crippen LogP contribution in [-0.2, 0) is 0 Å². The second-order valence-corrected chi connectivity index (χ2v) is 6.67. The molecule has 0 heterocycles. The Kier molecular flexibility index (Phi) is 6.37. The number of halogens is 1. The third-order valence-electron chi connectivity index (χ3n) is 4.46. The largest absolute Gasteiger partial charge is 0.496 e. The van der Waals surface area contributed by atoms with Crippen molar-refractivity contribution in [2.75, 3.05) is 14.2 Å². The zero-order valence-electron chi connectivity index (χ0n) is 12.6. The summed E-state index contributed by atoms with van der Waals surface area (Å²) in [7, 11) is 3.83. The summed E-state index contributed by atoms with van der Waals surface area (Å²) in [6, 6.07) is 6.71. The van der Waals surface area contributed by atoms with E-state index in [-0.39, 0.29) is 0 Å². The first-order valence-electron chi connectivity index (χ1n) is 7.77. The highest BCUT2D eigenvalue weighted by Crippen LogP contribution is 2.37. The lowest BCUT2D eigenvalue weighted by atomic mass is 9.82. The molecule has 20 heavy (non-hydrogen) atoms. The summed E-state index contributed by atoms with van der Waals surface area (Å²) in [5.41, 5.74) is 1.29. The molecule has 0 bridgehead atoms. The van der Waals surface area contributed by atoms with Gasteiger partial charge in [0.2, 0.25) is 0 Å². The van der Waals surface area contributed by atoms with Crippen LogP contribution in [0.3, 0.4) is 0 Å². The molecule has 0 aromatic heterocycles. The quantitative estimate of drug-likeness (QED) is 0.825. The number of methoxy groups -OCH3 is 1. The molecule has 2 nitrogen and oxygen atoms in total. The molecular formula is C17H26BrNO. The van der Waals surface area contributed by atoms with Crippen LogP contribution in [0, 0.1) is 5.92 Å². The number of nitrogens with one attached hydrogen (secondary N) is 1. The maximum Gasteiger partial charge on any atom is 0.123 e. The molecule has 112 valence electrons. The van der Waals surface area contributed by atoms with Crippen LogP contribution >= 0.6 is 15.9 Å². The van der Waals surface area contributed by atoms with E-state index in [2.05, 4.69) is 40.4 Å². The van der Waals surface area contributed by atoms with Crippen LogP contribution in [0.5, 0.6) is 5.75 Å². The first-order chi connectivity index (χ1) is 9.76. The molecule has 3 heteroatoms. The van der Waals surface area contributed by atoms with Crippen molar-refractivity contribution in [1.82, 2.24) is 5.32 Å². The topological polar surface area (TPSA) is 21.3 Å². The van der Waals surface area contributed by atoms with Crippen molar-refractivity contribution in [1.29, 1.82) is 0 Å². The second kappa shape index (κ2) is 8.04. The Morgan fingerprint density at radius 2 is 1.80 bits per heavy atom. The van der Waals surface area contributed by atoms with E-state index in [1.807, 2.05) is 6.07 Å². The maximum atomic E-state index is 5.57. The van der Waals surface area contributed by atoms with Crippen molar-refractivity contribution in [2.45, 2.75) is 51.0 Å². The lowest BCUT2D eigenvalue weighted by molar-refractivity contribution is 0.291. The molecule has 1 aliphatic carbocycles. The number of hydrogen-bond donors (Lipinski definition) is 1. The maximum absolute atomic E-state index is 5.57. The van der Waals surface area contributed by atoms with Crippen LogP contribution in [0.1, 0.15) is 56.6 Å². The SMILES string of the molecule is CNC(c1cc(Br)ccc1OC)C1CCCCCCC1. The predicted octanol–water partition coefficient (Wildman–Crippen LogP) is 5.08. The van der Waals surface area contributed by atoms with Crippen molar-refractivity contribution in [3.05, 3.63) is 28.2 Å². The molecule has 0 amide bonds. The van der Waals surface area contributed by atoms with Gasteiger partial charge in [0, 0.05) is 16.1 Å². The third kappa shape index (κ3) is 3.98. The van der Waals surface area contributed by atoms with Gasteiger partial charge in [0.25, 0.3) is 0 Å². The summed E-state index contributed by atoms with van der Waals surface area (Å²) >= 11 is 3.59. The fourth-order valence-corrected chi connectivity index (χ4v) is 3.79. The lowest BCUT2D eigenvalue weighted by Gasteiger charge is -2.30. The molecular weight excluding hydrogens is 314 g/mol. The first-order valence-corrected chi connectivity index (χ1v) is 8.56. The molecule has 1 aromatic rings. The van der Waals surface area contributed by atoms with Crippen LogP contribution in [0.2, 0.25) is 0 Å².